The second kappa shape index (κ2) is 12.5. The van der Waals surface area contributed by atoms with Crippen molar-refractivity contribution >= 4 is 11.9 Å². The third-order valence-electron chi connectivity index (χ3n) is 4.75. The first-order chi connectivity index (χ1) is 14.9. The average molecular weight is 428 g/mol. The van der Waals surface area contributed by atoms with Crippen molar-refractivity contribution in [2.45, 2.75) is 38.9 Å². The normalized spacial score (nSPS) is 12.6. The standard InChI is InChI=1S/C24H28O7/c1-4-17(3)18-10-12-20(13-11-18)28-15-21(31-23(25)5-2)16-30-29-14-19-8-6-7-9-22(19)24(26)27/h5-13,17,21H,2,4,14-16H2,1,3H3,(H,26,27). The number of carbonyl (C=O) groups excluding carboxylic acids is 1. The number of hydrogen-bond acceptors (Lipinski definition) is 6. The van der Waals surface area contributed by atoms with Crippen LogP contribution in [0.3, 0.4) is 0 Å². The van der Waals surface area contributed by atoms with Crippen LogP contribution in [0.4, 0.5) is 0 Å². The van der Waals surface area contributed by atoms with Gasteiger partial charge >= 0.3 is 11.9 Å². The Morgan fingerprint density at radius 3 is 2.42 bits per heavy atom. The molecule has 0 bridgehead atoms. The molecule has 0 aliphatic rings. The molecule has 2 aromatic rings. The Labute approximate surface area is 182 Å². The summed E-state index contributed by atoms with van der Waals surface area (Å²) in [6, 6.07) is 14.2. The van der Waals surface area contributed by atoms with Crippen LogP contribution in [0.15, 0.2) is 61.2 Å². The van der Waals surface area contributed by atoms with E-state index >= 15 is 0 Å². The van der Waals surface area contributed by atoms with E-state index in [-0.39, 0.29) is 25.4 Å². The van der Waals surface area contributed by atoms with Crippen molar-refractivity contribution in [1.29, 1.82) is 0 Å². The number of benzene rings is 2. The number of rotatable bonds is 13. The maximum atomic E-state index is 11.6. The summed E-state index contributed by atoms with van der Waals surface area (Å²) in [6.45, 7) is 7.57. The van der Waals surface area contributed by atoms with Gasteiger partial charge in [-0.05, 0) is 41.7 Å². The fourth-order valence-corrected chi connectivity index (χ4v) is 2.73. The third-order valence-corrected chi connectivity index (χ3v) is 4.75. The Morgan fingerprint density at radius 2 is 1.77 bits per heavy atom. The van der Waals surface area contributed by atoms with E-state index in [9.17, 15) is 14.7 Å². The van der Waals surface area contributed by atoms with Gasteiger partial charge in [0.05, 0.1) is 5.56 Å². The Hall–Kier alpha value is -3.16. The van der Waals surface area contributed by atoms with Crippen LogP contribution in [0, 0.1) is 0 Å². The maximum Gasteiger partial charge on any atom is 0.336 e. The zero-order valence-corrected chi connectivity index (χ0v) is 17.8. The van der Waals surface area contributed by atoms with E-state index in [0.717, 1.165) is 12.5 Å². The van der Waals surface area contributed by atoms with Gasteiger partial charge in [0.15, 0.2) is 6.10 Å². The van der Waals surface area contributed by atoms with Crippen LogP contribution in [0.25, 0.3) is 0 Å². The molecule has 2 atom stereocenters. The minimum absolute atomic E-state index is 0.0529. The minimum atomic E-state index is -1.05. The zero-order chi connectivity index (χ0) is 22.6. The summed E-state index contributed by atoms with van der Waals surface area (Å²) < 4.78 is 11.0. The van der Waals surface area contributed by atoms with Gasteiger partial charge in [-0.3, -0.25) is 0 Å². The van der Waals surface area contributed by atoms with Crippen LogP contribution in [0.1, 0.15) is 47.7 Å². The van der Waals surface area contributed by atoms with Gasteiger partial charge in [0.2, 0.25) is 0 Å². The Balaban J connectivity index is 1.88. The summed E-state index contributed by atoms with van der Waals surface area (Å²) >= 11 is 0. The van der Waals surface area contributed by atoms with Crippen molar-refractivity contribution in [2.24, 2.45) is 0 Å². The summed E-state index contributed by atoms with van der Waals surface area (Å²) in [6.07, 6.45) is 1.36. The number of ether oxygens (including phenoxy) is 2. The molecule has 31 heavy (non-hydrogen) atoms. The summed E-state index contributed by atoms with van der Waals surface area (Å²) in [5.41, 5.74) is 1.82. The molecule has 166 valence electrons. The topological polar surface area (TPSA) is 91.3 Å². The SMILES string of the molecule is C=CC(=O)OC(COOCc1ccccc1C(=O)O)COc1ccc(C(C)CC)cc1. The van der Waals surface area contributed by atoms with Crippen molar-refractivity contribution in [3.8, 4) is 5.75 Å². The Kier molecular flexibility index (Phi) is 9.74. The molecule has 0 fully saturated rings. The van der Waals surface area contributed by atoms with Crippen LogP contribution in [-0.2, 0) is 25.9 Å². The van der Waals surface area contributed by atoms with E-state index in [2.05, 4.69) is 20.4 Å². The first-order valence-corrected chi connectivity index (χ1v) is 10.1. The zero-order valence-electron chi connectivity index (χ0n) is 17.8. The lowest BCUT2D eigenvalue weighted by atomic mass is 9.99. The van der Waals surface area contributed by atoms with E-state index in [1.807, 2.05) is 24.3 Å². The molecule has 2 unspecified atom stereocenters. The van der Waals surface area contributed by atoms with Crippen molar-refractivity contribution in [3.63, 3.8) is 0 Å². The largest absolute Gasteiger partial charge is 0.490 e. The highest BCUT2D eigenvalue weighted by molar-refractivity contribution is 5.89. The predicted molar refractivity (Wildman–Crippen MR) is 115 cm³/mol. The fourth-order valence-electron chi connectivity index (χ4n) is 2.73. The number of carboxylic acids is 1. The van der Waals surface area contributed by atoms with E-state index in [1.165, 1.54) is 11.6 Å². The Bertz CT molecular complexity index is 860. The molecule has 0 spiro atoms. The second-order valence-electron chi connectivity index (χ2n) is 6.96. The molecular weight excluding hydrogens is 400 g/mol. The van der Waals surface area contributed by atoms with Crippen LogP contribution in [0.2, 0.25) is 0 Å². The van der Waals surface area contributed by atoms with Crippen LogP contribution in [-0.4, -0.2) is 36.4 Å². The van der Waals surface area contributed by atoms with Crippen LogP contribution < -0.4 is 4.74 Å². The highest BCUT2D eigenvalue weighted by Crippen LogP contribution is 2.21. The molecule has 0 saturated heterocycles. The summed E-state index contributed by atoms with van der Waals surface area (Å²) in [5, 5.41) is 9.20. The average Bonchev–Trinajstić information content (AvgIpc) is 2.79. The lowest BCUT2D eigenvalue weighted by Gasteiger charge is -2.18. The van der Waals surface area contributed by atoms with Gasteiger partial charge in [0, 0.05) is 6.08 Å². The summed E-state index contributed by atoms with van der Waals surface area (Å²) in [5.74, 6) is -0.555. The van der Waals surface area contributed by atoms with Crippen molar-refractivity contribution in [3.05, 3.63) is 77.9 Å². The molecule has 7 heteroatoms. The first kappa shape index (κ1) is 24.1. The molecule has 0 aliphatic heterocycles. The highest BCUT2D eigenvalue weighted by atomic mass is 17.2. The number of carbonyl (C=O) groups is 2. The molecule has 0 aromatic heterocycles. The van der Waals surface area contributed by atoms with Gasteiger partial charge in [0.25, 0.3) is 0 Å². The lowest BCUT2D eigenvalue weighted by molar-refractivity contribution is -0.315. The number of carboxylic acid groups (broad SMARTS) is 1. The predicted octanol–water partition coefficient (Wildman–Crippen LogP) is 4.52. The molecule has 2 aromatic carbocycles. The second-order valence-corrected chi connectivity index (χ2v) is 6.96. The van der Waals surface area contributed by atoms with Crippen LogP contribution >= 0.6 is 0 Å². The molecule has 0 amide bonds. The van der Waals surface area contributed by atoms with Gasteiger partial charge in [-0.15, -0.1) is 0 Å². The van der Waals surface area contributed by atoms with E-state index in [1.54, 1.807) is 18.2 Å². The van der Waals surface area contributed by atoms with Crippen LogP contribution in [0.5, 0.6) is 5.75 Å². The van der Waals surface area contributed by atoms with E-state index < -0.39 is 18.0 Å². The summed E-state index contributed by atoms with van der Waals surface area (Å²) in [4.78, 5) is 33.1. The molecule has 7 nitrogen and oxygen atoms in total. The van der Waals surface area contributed by atoms with Crippen molar-refractivity contribution in [2.75, 3.05) is 13.2 Å². The van der Waals surface area contributed by atoms with Gasteiger partial charge in [-0.2, -0.15) is 0 Å². The fraction of sp³-hybridized carbons (Fsp3) is 0.333. The third kappa shape index (κ3) is 7.88. The monoisotopic (exact) mass is 428 g/mol. The summed E-state index contributed by atoms with van der Waals surface area (Å²) in [7, 11) is 0. The van der Waals surface area contributed by atoms with Gasteiger partial charge < -0.3 is 14.6 Å². The molecule has 0 aliphatic carbocycles. The maximum absolute atomic E-state index is 11.6. The van der Waals surface area contributed by atoms with Gasteiger partial charge in [-0.25, -0.2) is 19.4 Å². The molecule has 0 saturated carbocycles. The number of esters is 1. The lowest BCUT2D eigenvalue weighted by Crippen LogP contribution is -2.29. The smallest absolute Gasteiger partial charge is 0.336 e. The molecule has 0 heterocycles. The molecule has 1 N–H and O–H groups in total. The highest BCUT2D eigenvalue weighted by Gasteiger charge is 2.16. The van der Waals surface area contributed by atoms with E-state index in [4.69, 9.17) is 19.2 Å². The number of hydrogen-bond donors (Lipinski definition) is 1. The molecular formula is C24H28O7. The molecule has 2 rings (SSSR count). The van der Waals surface area contributed by atoms with Crippen molar-refractivity contribution in [1.82, 2.24) is 0 Å². The first-order valence-electron chi connectivity index (χ1n) is 10.1. The minimum Gasteiger partial charge on any atom is -0.490 e. The van der Waals surface area contributed by atoms with Crippen molar-refractivity contribution < 1.29 is 33.9 Å². The number of aromatic carboxylic acids is 1. The van der Waals surface area contributed by atoms with Gasteiger partial charge in [0.1, 0.15) is 25.6 Å². The van der Waals surface area contributed by atoms with E-state index in [0.29, 0.717) is 17.2 Å². The quantitative estimate of drug-likeness (QED) is 0.165. The Morgan fingerprint density at radius 1 is 1.06 bits per heavy atom. The van der Waals surface area contributed by atoms with Gasteiger partial charge in [-0.1, -0.05) is 50.8 Å². The molecule has 0 radical (unpaired) electrons.